The molecule has 0 N–H and O–H groups in total. The lowest BCUT2D eigenvalue weighted by molar-refractivity contribution is 0.627. The van der Waals surface area contributed by atoms with Gasteiger partial charge in [0.25, 0.3) is 0 Å². The molecule has 18 heavy (non-hydrogen) atoms. The first-order valence-corrected chi connectivity index (χ1v) is 7.38. The van der Waals surface area contributed by atoms with E-state index < -0.39 is 0 Å². The van der Waals surface area contributed by atoms with Gasteiger partial charge in [0.1, 0.15) is 5.82 Å². The smallest absolute Gasteiger partial charge is 0.123 e. The lowest BCUT2D eigenvalue weighted by Gasteiger charge is -2.13. The Kier molecular flexibility index (Phi) is 4.67. The SMILES string of the molecule is CSc1ccccc1C(Cl)Cc1ccc(F)cc1. The molecule has 2 rings (SSSR count). The Hall–Kier alpha value is -0.990. The van der Waals surface area contributed by atoms with Gasteiger partial charge < -0.3 is 0 Å². The first-order chi connectivity index (χ1) is 8.70. The standard InChI is InChI=1S/C15H14ClFS/c1-18-15-5-3-2-4-13(15)14(16)10-11-6-8-12(17)9-7-11/h2-9,14H,10H2,1H3. The molecule has 3 heteroatoms. The average molecular weight is 281 g/mol. The third kappa shape index (κ3) is 3.27. The van der Waals surface area contributed by atoms with Gasteiger partial charge in [-0.2, -0.15) is 0 Å². The Morgan fingerprint density at radius 1 is 1.11 bits per heavy atom. The van der Waals surface area contributed by atoms with Gasteiger partial charge in [0.05, 0.1) is 5.38 Å². The fraction of sp³-hybridized carbons (Fsp3) is 0.200. The highest BCUT2D eigenvalue weighted by Gasteiger charge is 2.12. The normalized spacial score (nSPS) is 12.4. The van der Waals surface area contributed by atoms with Gasteiger partial charge in [-0.3, -0.25) is 0 Å². The van der Waals surface area contributed by atoms with Crippen LogP contribution in [0.2, 0.25) is 0 Å². The van der Waals surface area contributed by atoms with Crippen LogP contribution in [0.3, 0.4) is 0 Å². The summed E-state index contributed by atoms with van der Waals surface area (Å²) in [6.45, 7) is 0. The number of rotatable bonds is 4. The highest BCUT2D eigenvalue weighted by Crippen LogP contribution is 2.32. The summed E-state index contributed by atoms with van der Waals surface area (Å²) in [6, 6.07) is 14.6. The van der Waals surface area contributed by atoms with Crippen LogP contribution in [0.15, 0.2) is 53.4 Å². The molecule has 0 heterocycles. The quantitative estimate of drug-likeness (QED) is 0.556. The minimum Gasteiger partial charge on any atom is -0.207 e. The molecule has 0 aromatic heterocycles. The Labute approximate surface area is 116 Å². The summed E-state index contributed by atoms with van der Waals surface area (Å²) in [4.78, 5) is 1.19. The monoisotopic (exact) mass is 280 g/mol. The number of hydrogen-bond acceptors (Lipinski definition) is 1. The lowest BCUT2D eigenvalue weighted by Crippen LogP contribution is -1.97. The minimum atomic E-state index is -0.214. The topological polar surface area (TPSA) is 0 Å². The van der Waals surface area contributed by atoms with Gasteiger partial charge in [0.15, 0.2) is 0 Å². The van der Waals surface area contributed by atoms with Crippen LogP contribution >= 0.6 is 23.4 Å². The zero-order chi connectivity index (χ0) is 13.0. The molecule has 0 saturated heterocycles. The molecule has 0 amide bonds. The highest BCUT2D eigenvalue weighted by molar-refractivity contribution is 7.98. The Balaban J connectivity index is 2.16. The van der Waals surface area contributed by atoms with E-state index in [1.165, 1.54) is 17.0 Å². The summed E-state index contributed by atoms with van der Waals surface area (Å²) >= 11 is 8.15. The van der Waals surface area contributed by atoms with Crippen LogP contribution in [0.4, 0.5) is 4.39 Å². The van der Waals surface area contributed by atoms with Gasteiger partial charge in [-0.1, -0.05) is 30.3 Å². The first-order valence-electron chi connectivity index (χ1n) is 5.72. The number of hydrogen-bond donors (Lipinski definition) is 0. The maximum absolute atomic E-state index is 12.8. The fourth-order valence-corrected chi connectivity index (χ4v) is 2.96. The first kappa shape index (κ1) is 13.4. The third-order valence-corrected chi connectivity index (χ3v) is 4.01. The van der Waals surface area contributed by atoms with E-state index in [-0.39, 0.29) is 11.2 Å². The zero-order valence-electron chi connectivity index (χ0n) is 10.1. The molecule has 1 atom stereocenters. The Morgan fingerprint density at radius 2 is 1.78 bits per heavy atom. The maximum atomic E-state index is 12.8. The van der Waals surface area contributed by atoms with Crippen molar-refractivity contribution in [1.29, 1.82) is 0 Å². The van der Waals surface area contributed by atoms with Crippen LogP contribution in [0.25, 0.3) is 0 Å². The van der Waals surface area contributed by atoms with Crippen LogP contribution in [-0.4, -0.2) is 6.26 Å². The average Bonchev–Trinajstić information content (AvgIpc) is 2.41. The van der Waals surface area contributed by atoms with Crippen LogP contribution in [0.5, 0.6) is 0 Å². The molecule has 0 aliphatic heterocycles. The number of halogens is 2. The predicted molar refractivity (Wildman–Crippen MR) is 76.9 cm³/mol. The van der Waals surface area contributed by atoms with Crippen molar-refractivity contribution in [2.45, 2.75) is 16.7 Å². The minimum absolute atomic E-state index is 0.0842. The summed E-state index contributed by atoms with van der Waals surface area (Å²) in [7, 11) is 0. The second-order valence-electron chi connectivity index (χ2n) is 4.04. The summed E-state index contributed by atoms with van der Waals surface area (Å²) < 4.78 is 12.8. The predicted octanol–water partition coefficient (Wildman–Crippen LogP) is 5.07. The Bertz CT molecular complexity index is 510. The van der Waals surface area contributed by atoms with Gasteiger partial charge in [0, 0.05) is 4.90 Å². The molecule has 2 aromatic carbocycles. The highest BCUT2D eigenvalue weighted by atomic mass is 35.5. The van der Waals surface area contributed by atoms with E-state index in [2.05, 4.69) is 6.07 Å². The van der Waals surface area contributed by atoms with Crippen LogP contribution in [0.1, 0.15) is 16.5 Å². The fourth-order valence-electron chi connectivity index (χ4n) is 1.86. The second kappa shape index (κ2) is 6.26. The molecular weight excluding hydrogens is 267 g/mol. The molecule has 94 valence electrons. The molecule has 2 aromatic rings. The summed E-state index contributed by atoms with van der Waals surface area (Å²) in [5.74, 6) is -0.214. The maximum Gasteiger partial charge on any atom is 0.123 e. The van der Waals surface area contributed by atoms with Gasteiger partial charge in [-0.05, 0) is 42.0 Å². The van der Waals surface area contributed by atoms with E-state index in [1.54, 1.807) is 23.9 Å². The van der Waals surface area contributed by atoms with Gasteiger partial charge in [-0.15, -0.1) is 23.4 Å². The van der Waals surface area contributed by atoms with Crippen molar-refractivity contribution in [1.82, 2.24) is 0 Å². The summed E-state index contributed by atoms with van der Waals surface area (Å²) in [5, 5.41) is -0.0842. The summed E-state index contributed by atoms with van der Waals surface area (Å²) in [6.07, 6.45) is 2.75. The van der Waals surface area contributed by atoms with Gasteiger partial charge in [0.2, 0.25) is 0 Å². The molecule has 0 aliphatic carbocycles. The molecule has 1 unspecified atom stereocenters. The summed E-state index contributed by atoms with van der Waals surface area (Å²) in [5.41, 5.74) is 2.18. The number of benzene rings is 2. The lowest BCUT2D eigenvalue weighted by atomic mass is 10.0. The zero-order valence-corrected chi connectivity index (χ0v) is 11.6. The van der Waals surface area contributed by atoms with Crippen molar-refractivity contribution in [2.75, 3.05) is 6.26 Å². The second-order valence-corrected chi connectivity index (χ2v) is 5.41. The molecule has 0 bridgehead atoms. The molecule has 0 saturated carbocycles. The largest absolute Gasteiger partial charge is 0.207 e. The van der Waals surface area contributed by atoms with E-state index in [0.29, 0.717) is 6.42 Å². The van der Waals surface area contributed by atoms with E-state index in [9.17, 15) is 4.39 Å². The van der Waals surface area contributed by atoms with Crippen molar-refractivity contribution in [3.63, 3.8) is 0 Å². The number of alkyl halides is 1. The van der Waals surface area contributed by atoms with Crippen molar-refractivity contribution >= 4 is 23.4 Å². The van der Waals surface area contributed by atoms with E-state index in [0.717, 1.165) is 11.1 Å². The van der Waals surface area contributed by atoms with Crippen molar-refractivity contribution < 1.29 is 4.39 Å². The molecule has 0 spiro atoms. The molecule has 0 nitrogen and oxygen atoms in total. The van der Waals surface area contributed by atoms with E-state index >= 15 is 0 Å². The third-order valence-electron chi connectivity index (χ3n) is 2.80. The molecule has 0 fully saturated rings. The van der Waals surface area contributed by atoms with Crippen LogP contribution in [-0.2, 0) is 6.42 Å². The van der Waals surface area contributed by atoms with Crippen LogP contribution < -0.4 is 0 Å². The molecule has 0 aliphatic rings. The molecular formula is C15H14ClFS. The van der Waals surface area contributed by atoms with Crippen molar-refractivity contribution in [3.8, 4) is 0 Å². The Morgan fingerprint density at radius 3 is 2.44 bits per heavy atom. The van der Waals surface area contributed by atoms with Gasteiger partial charge >= 0.3 is 0 Å². The van der Waals surface area contributed by atoms with Crippen molar-refractivity contribution in [2.24, 2.45) is 0 Å². The van der Waals surface area contributed by atoms with E-state index in [1.807, 2.05) is 24.5 Å². The van der Waals surface area contributed by atoms with E-state index in [4.69, 9.17) is 11.6 Å². The van der Waals surface area contributed by atoms with Gasteiger partial charge in [-0.25, -0.2) is 4.39 Å². The van der Waals surface area contributed by atoms with Crippen molar-refractivity contribution in [3.05, 3.63) is 65.5 Å². The van der Waals surface area contributed by atoms with Crippen LogP contribution in [0, 0.1) is 5.82 Å². The molecule has 0 radical (unpaired) electrons. The number of thioether (sulfide) groups is 1.